The number of ether oxygens (including phenoxy) is 1. The molecule has 1 saturated heterocycles. The standard InChI is InChI=1S/C20H22N2OS.2ClH/c1-23-18-7-6-15-13-17(5-4-16(15)14-18)20(19-3-2-12-24-19)22-10-8-21-9-11-22;;/h2-7,12-14,20-21H,8-11H2,1H3;2*1H/t20-;;/m0../s1. The van der Waals surface area contributed by atoms with E-state index in [1.165, 1.54) is 21.2 Å². The zero-order chi connectivity index (χ0) is 16.4. The monoisotopic (exact) mass is 410 g/mol. The fourth-order valence-electron chi connectivity index (χ4n) is 3.48. The molecule has 1 aliphatic rings. The van der Waals surface area contributed by atoms with Gasteiger partial charge in [0.25, 0.3) is 0 Å². The largest absolute Gasteiger partial charge is 0.497 e. The molecule has 1 aliphatic heterocycles. The summed E-state index contributed by atoms with van der Waals surface area (Å²) in [5.74, 6) is 0.909. The Morgan fingerprint density at radius 1 is 1.00 bits per heavy atom. The minimum absolute atomic E-state index is 0. The third-order valence-electron chi connectivity index (χ3n) is 4.72. The van der Waals surface area contributed by atoms with Crippen molar-refractivity contribution < 1.29 is 4.74 Å². The molecule has 1 N–H and O–H groups in total. The molecular weight excluding hydrogens is 387 g/mol. The first-order chi connectivity index (χ1) is 11.8. The number of methoxy groups -OCH3 is 1. The Balaban J connectivity index is 0.00000121. The third-order valence-corrected chi connectivity index (χ3v) is 5.64. The van der Waals surface area contributed by atoms with E-state index in [9.17, 15) is 0 Å². The Hall–Kier alpha value is -1.30. The summed E-state index contributed by atoms with van der Waals surface area (Å²) in [6.07, 6.45) is 0. The highest BCUT2D eigenvalue weighted by molar-refractivity contribution is 7.10. The number of nitrogens with one attached hydrogen (secondary N) is 1. The van der Waals surface area contributed by atoms with E-state index < -0.39 is 0 Å². The second-order valence-corrected chi connectivity index (χ2v) is 7.16. The zero-order valence-electron chi connectivity index (χ0n) is 14.7. The number of halogens is 2. The van der Waals surface area contributed by atoms with Crippen LogP contribution in [0.5, 0.6) is 5.75 Å². The van der Waals surface area contributed by atoms with Gasteiger partial charge in [0.15, 0.2) is 0 Å². The number of nitrogens with zero attached hydrogens (tertiary/aromatic N) is 1. The lowest BCUT2D eigenvalue weighted by Crippen LogP contribution is -2.45. The average molecular weight is 411 g/mol. The van der Waals surface area contributed by atoms with Crippen molar-refractivity contribution in [2.75, 3.05) is 33.3 Å². The topological polar surface area (TPSA) is 24.5 Å². The van der Waals surface area contributed by atoms with E-state index in [0.29, 0.717) is 6.04 Å². The minimum atomic E-state index is 0. The smallest absolute Gasteiger partial charge is 0.119 e. The molecule has 2 heterocycles. The van der Waals surface area contributed by atoms with Crippen molar-refractivity contribution >= 4 is 46.9 Å². The molecule has 1 aromatic heterocycles. The molecule has 6 heteroatoms. The minimum Gasteiger partial charge on any atom is -0.497 e. The number of hydrogen-bond acceptors (Lipinski definition) is 4. The van der Waals surface area contributed by atoms with Crippen LogP contribution in [0.2, 0.25) is 0 Å². The van der Waals surface area contributed by atoms with Gasteiger partial charge in [-0.3, -0.25) is 4.90 Å². The zero-order valence-corrected chi connectivity index (χ0v) is 17.1. The number of benzene rings is 2. The summed E-state index contributed by atoms with van der Waals surface area (Å²) in [6, 6.07) is 17.9. The van der Waals surface area contributed by atoms with Gasteiger partial charge in [0.05, 0.1) is 13.2 Å². The number of fused-ring (bicyclic) bond motifs is 1. The Labute approximate surface area is 171 Å². The molecule has 0 saturated carbocycles. The van der Waals surface area contributed by atoms with Crippen LogP contribution in [0.1, 0.15) is 16.5 Å². The quantitative estimate of drug-likeness (QED) is 0.671. The first-order valence-electron chi connectivity index (χ1n) is 8.41. The normalized spacial score (nSPS) is 15.7. The Bertz CT molecular complexity index is 820. The second kappa shape index (κ2) is 9.58. The van der Waals surface area contributed by atoms with Crippen LogP contribution in [0, 0.1) is 0 Å². The van der Waals surface area contributed by atoms with Crippen LogP contribution in [0.15, 0.2) is 53.9 Å². The second-order valence-electron chi connectivity index (χ2n) is 6.18. The molecule has 1 atom stereocenters. The molecule has 3 aromatic rings. The maximum Gasteiger partial charge on any atom is 0.119 e. The highest BCUT2D eigenvalue weighted by Crippen LogP contribution is 2.34. The molecule has 1 fully saturated rings. The van der Waals surface area contributed by atoms with Crippen molar-refractivity contribution in [3.63, 3.8) is 0 Å². The van der Waals surface area contributed by atoms with Crippen LogP contribution in [-0.4, -0.2) is 38.2 Å². The highest BCUT2D eigenvalue weighted by Gasteiger charge is 2.24. The molecule has 0 bridgehead atoms. The fourth-order valence-corrected chi connectivity index (χ4v) is 4.37. The van der Waals surface area contributed by atoms with E-state index in [1.54, 1.807) is 7.11 Å². The average Bonchev–Trinajstić information content (AvgIpc) is 3.16. The van der Waals surface area contributed by atoms with Crippen LogP contribution < -0.4 is 10.1 Å². The molecule has 0 spiro atoms. The van der Waals surface area contributed by atoms with E-state index in [2.05, 4.69) is 58.1 Å². The maximum absolute atomic E-state index is 5.34. The molecule has 0 unspecified atom stereocenters. The molecule has 3 nitrogen and oxygen atoms in total. The van der Waals surface area contributed by atoms with E-state index in [4.69, 9.17) is 4.74 Å². The van der Waals surface area contributed by atoms with Crippen LogP contribution in [0.4, 0.5) is 0 Å². The Kier molecular flexibility index (Phi) is 7.74. The first-order valence-corrected chi connectivity index (χ1v) is 9.29. The van der Waals surface area contributed by atoms with E-state index in [1.807, 2.05) is 17.4 Å². The van der Waals surface area contributed by atoms with Gasteiger partial charge in [-0.2, -0.15) is 0 Å². The van der Waals surface area contributed by atoms with Gasteiger partial charge in [0.2, 0.25) is 0 Å². The lowest BCUT2D eigenvalue weighted by atomic mass is 9.99. The molecule has 0 amide bonds. The van der Waals surface area contributed by atoms with E-state index in [-0.39, 0.29) is 24.8 Å². The summed E-state index contributed by atoms with van der Waals surface area (Å²) >= 11 is 1.85. The Morgan fingerprint density at radius 2 is 1.73 bits per heavy atom. The van der Waals surface area contributed by atoms with Gasteiger partial charge < -0.3 is 10.1 Å². The summed E-state index contributed by atoms with van der Waals surface area (Å²) in [6.45, 7) is 4.30. The molecule has 26 heavy (non-hydrogen) atoms. The van der Waals surface area contributed by atoms with Gasteiger partial charge in [-0.1, -0.05) is 24.3 Å². The predicted octanol–water partition coefficient (Wildman–Crippen LogP) is 4.75. The lowest BCUT2D eigenvalue weighted by molar-refractivity contribution is 0.201. The molecular formula is C20H24Cl2N2OS. The summed E-state index contributed by atoms with van der Waals surface area (Å²) in [4.78, 5) is 4.01. The van der Waals surface area contributed by atoms with Gasteiger partial charge in [-0.15, -0.1) is 36.2 Å². The molecule has 2 aromatic carbocycles. The van der Waals surface area contributed by atoms with Crippen LogP contribution in [0.25, 0.3) is 10.8 Å². The number of hydrogen-bond donors (Lipinski definition) is 1. The molecule has 4 rings (SSSR count). The van der Waals surface area contributed by atoms with Crippen molar-refractivity contribution in [2.45, 2.75) is 6.04 Å². The summed E-state index contributed by atoms with van der Waals surface area (Å²) in [7, 11) is 1.72. The Morgan fingerprint density at radius 3 is 2.42 bits per heavy atom. The van der Waals surface area contributed by atoms with Crippen molar-refractivity contribution in [3.05, 3.63) is 64.4 Å². The van der Waals surface area contributed by atoms with Crippen LogP contribution >= 0.6 is 36.2 Å². The highest BCUT2D eigenvalue weighted by atomic mass is 35.5. The summed E-state index contributed by atoms with van der Waals surface area (Å²) in [5, 5.41) is 8.13. The van der Waals surface area contributed by atoms with Gasteiger partial charge in [0, 0.05) is 31.1 Å². The summed E-state index contributed by atoms with van der Waals surface area (Å²) in [5.41, 5.74) is 1.37. The first kappa shape index (κ1) is 21.0. The fraction of sp³-hybridized carbons (Fsp3) is 0.300. The van der Waals surface area contributed by atoms with Crippen molar-refractivity contribution in [1.82, 2.24) is 10.2 Å². The van der Waals surface area contributed by atoms with Crippen molar-refractivity contribution in [1.29, 1.82) is 0 Å². The summed E-state index contributed by atoms with van der Waals surface area (Å²) < 4.78 is 5.34. The van der Waals surface area contributed by atoms with Gasteiger partial charge in [0.1, 0.15) is 5.75 Å². The number of piperazine rings is 1. The third kappa shape index (κ3) is 4.33. The SMILES string of the molecule is COc1ccc2cc([C@@H](c3cccs3)N3CCNCC3)ccc2c1.Cl.Cl. The lowest BCUT2D eigenvalue weighted by Gasteiger charge is -2.35. The van der Waals surface area contributed by atoms with Gasteiger partial charge in [-0.05, 0) is 46.0 Å². The van der Waals surface area contributed by atoms with Crippen molar-refractivity contribution in [2.24, 2.45) is 0 Å². The molecule has 0 radical (unpaired) electrons. The van der Waals surface area contributed by atoms with Gasteiger partial charge >= 0.3 is 0 Å². The van der Waals surface area contributed by atoms with Crippen molar-refractivity contribution in [3.8, 4) is 5.75 Å². The maximum atomic E-state index is 5.34. The predicted molar refractivity (Wildman–Crippen MR) is 116 cm³/mol. The van der Waals surface area contributed by atoms with E-state index in [0.717, 1.165) is 31.9 Å². The molecule has 140 valence electrons. The molecule has 0 aliphatic carbocycles. The number of rotatable bonds is 4. The van der Waals surface area contributed by atoms with Crippen LogP contribution in [0.3, 0.4) is 0 Å². The van der Waals surface area contributed by atoms with Gasteiger partial charge in [-0.25, -0.2) is 0 Å². The number of thiophene rings is 1. The van der Waals surface area contributed by atoms with Crippen LogP contribution in [-0.2, 0) is 0 Å². The van der Waals surface area contributed by atoms with E-state index >= 15 is 0 Å².